The van der Waals surface area contributed by atoms with E-state index >= 15 is 0 Å². The number of rotatable bonds is 5. The molecule has 0 aliphatic rings. The number of benzene rings is 1. The van der Waals surface area contributed by atoms with E-state index < -0.39 is 5.97 Å². The lowest BCUT2D eigenvalue weighted by Gasteiger charge is -2.11. The Labute approximate surface area is 134 Å². The van der Waals surface area contributed by atoms with E-state index in [0.29, 0.717) is 17.4 Å². The van der Waals surface area contributed by atoms with Gasteiger partial charge in [-0.3, -0.25) is 4.79 Å². The van der Waals surface area contributed by atoms with E-state index in [9.17, 15) is 4.79 Å². The summed E-state index contributed by atoms with van der Waals surface area (Å²) in [4.78, 5) is 10.7. The normalized spacial score (nSPS) is 12.3. The standard InChI is InChI=1S/C12H12ClIN4O2/c1-7(4-11(19)20)6-18-12(15-16-17-18)9-5-8(13)2-3-10(9)14/h2-3,5,7H,4,6H2,1H3,(H,19,20). The SMILES string of the molecule is CC(CC(=O)O)Cn1nnnc1-c1cc(Cl)ccc1I. The minimum absolute atomic E-state index is 0.0633. The van der Waals surface area contributed by atoms with Gasteiger partial charge in [0.25, 0.3) is 0 Å². The molecule has 20 heavy (non-hydrogen) atoms. The summed E-state index contributed by atoms with van der Waals surface area (Å²) < 4.78 is 2.59. The van der Waals surface area contributed by atoms with Crippen molar-refractivity contribution < 1.29 is 9.90 Å². The molecule has 0 radical (unpaired) electrons. The molecular formula is C12H12ClIN4O2. The monoisotopic (exact) mass is 406 g/mol. The molecule has 0 saturated carbocycles. The summed E-state index contributed by atoms with van der Waals surface area (Å²) >= 11 is 8.19. The number of aliphatic carboxylic acids is 1. The molecule has 0 fully saturated rings. The van der Waals surface area contributed by atoms with Gasteiger partial charge < -0.3 is 5.11 Å². The van der Waals surface area contributed by atoms with Crippen LogP contribution >= 0.6 is 34.2 Å². The number of carbonyl (C=O) groups is 1. The maximum Gasteiger partial charge on any atom is 0.303 e. The van der Waals surface area contributed by atoms with E-state index in [4.69, 9.17) is 16.7 Å². The molecule has 1 aromatic heterocycles. The third-order valence-electron chi connectivity index (χ3n) is 2.71. The van der Waals surface area contributed by atoms with Crippen LogP contribution in [-0.2, 0) is 11.3 Å². The Morgan fingerprint density at radius 3 is 3.00 bits per heavy atom. The Bertz CT molecular complexity index is 632. The predicted molar refractivity (Wildman–Crippen MR) is 82.4 cm³/mol. The molecule has 8 heteroatoms. The van der Waals surface area contributed by atoms with Gasteiger partial charge >= 0.3 is 5.97 Å². The van der Waals surface area contributed by atoms with Crippen molar-refractivity contribution in [1.82, 2.24) is 20.2 Å². The largest absolute Gasteiger partial charge is 0.481 e. The quantitative estimate of drug-likeness (QED) is 0.772. The van der Waals surface area contributed by atoms with Crippen LogP contribution in [0.25, 0.3) is 11.4 Å². The lowest BCUT2D eigenvalue weighted by molar-refractivity contribution is -0.138. The van der Waals surface area contributed by atoms with Crippen molar-refractivity contribution in [1.29, 1.82) is 0 Å². The predicted octanol–water partition coefficient (Wildman–Crippen LogP) is 2.71. The van der Waals surface area contributed by atoms with Crippen LogP contribution in [0.5, 0.6) is 0 Å². The van der Waals surface area contributed by atoms with Crippen LogP contribution in [0.3, 0.4) is 0 Å². The Hall–Kier alpha value is -1.22. The average molecular weight is 407 g/mol. The fourth-order valence-electron chi connectivity index (χ4n) is 1.85. The number of hydrogen-bond acceptors (Lipinski definition) is 4. The molecule has 2 aromatic rings. The van der Waals surface area contributed by atoms with Gasteiger partial charge in [-0.25, -0.2) is 4.68 Å². The van der Waals surface area contributed by atoms with Gasteiger partial charge in [0.05, 0.1) is 0 Å². The summed E-state index contributed by atoms with van der Waals surface area (Å²) in [7, 11) is 0. The molecule has 106 valence electrons. The Balaban J connectivity index is 2.28. The highest BCUT2D eigenvalue weighted by molar-refractivity contribution is 14.1. The molecule has 0 bridgehead atoms. The van der Waals surface area contributed by atoms with Gasteiger partial charge in [-0.15, -0.1) is 5.10 Å². The van der Waals surface area contributed by atoms with Crippen molar-refractivity contribution in [2.24, 2.45) is 5.92 Å². The first kappa shape index (κ1) is 15.2. The summed E-state index contributed by atoms with van der Waals surface area (Å²) in [6, 6.07) is 5.49. The van der Waals surface area contributed by atoms with E-state index in [-0.39, 0.29) is 12.3 Å². The van der Waals surface area contributed by atoms with Crippen LogP contribution in [0.4, 0.5) is 0 Å². The molecule has 0 spiro atoms. The van der Waals surface area contributed by atoms with Crippen molar-refractivity contribution >= 4 is 40.2 Å². The molecule has 0 saturated heterocycles. The lowest BCUT2D eigenvalue weighted by atomic mass is 10.1. The Morgan fingerprint density at radius 1 is 1.55 bits per heavy atom. The second-order valence-electron chi connectivity index (χ2n) is 4.51. The third-order valence-corrected chi connectivity index (χ3v) is 3.88. The lowest BCUT2D eigenvalue weighted by Crippen LogP contribution is -2.14. The molecule has 0 aliphatic heterocycles. The van der Waals surface area contributed by atoms with Crippen LogP contribution in [0.2, 0.25) is 5.02 Å². The van der Waals surface area contributed by atoms with Crippen molar-refractivity contribution in [3.8, 4) is 11.4 Å². The number of halogens is 2. The van der Waals surface area contributed by atoms with E-state index in [2.05, 4.69) is 38.1 Å². The van der Waals surface area contributed by atoms with Crippen LogP contribution in [-0.4, -0.2) is 31.3 Å². The molecule has 1 heterocycles. The zero-order valence-electron chi connectivity index (χ0n) is 10.6. The minimum atomic E-state index is -0.829. The molecular weight excluding hydrogens is 395 g/mol. The summed E-state index contributed by atoms with van der Waals surface area (Å²) in [6.07, 6.45) is 0.0753. The Morgan fingerprint density at radius 2 is 2.30 bits per heavy atom. The number of tetrazole rings is 1. The number of hydrogen-bond donors (Lipinski definition) is 1. The van der Waals surface area contributed by atoms with Crippen LogP contribution in [0.15, 0.2) is 18.2 Å². The van der Waals surface area contributed by atoms with Gasteiger partial charge in [-0.05, 0) is 57.1 Å². The average Bonchev–Trinajstić information content (AvgIpc) is 2.79. The maximum absolute atomic E-state index is 10.7. The first-order chi connectivity index (χ1) is 9.47. The van der Waals surface area contributed by atoms with Crippen LogP contribution in [0.1, 0.15) is 13.3 Å². The second kappa shape index (κ2) is 6.49. The van der Waals surface area contributed by atoms with E-state index in [0.717, 1.165) is 9.13 Å². The zero-order valence-corrected chi connectivity index (χ0v) is 13.5. The fraction of sp³-hybridized carbons (Fsp3) is 0.333. The van der Waals surface area contributed by atoms with E-state index in [1.807, 2.05) is 13.0 Å². The smallest absolute Gasteiger partial charge is 0.303 e. The topological polar surface area (TPSA) is 80.9 Å². The summed E-state index contributed by atoms with van der Waals surface area (Å²) in [5, 5.41) is 21.0. The minimum Gasteiger partial charge on any atom is -0.481 e. The molecule has 1 aromatic carbocycles. The second-order valence-corrected chi connectivity index (χ2v) is 6.11. The third kappa shape index (κ3) is 3.66. The van der Waals surface area contributed by atoms with Gasteiger partial charge in [0.2, 0.25) is 0 Å². The van der Waals surface area contributed by atoms with Gasteiger partial charge in [0.1, 0.15) is 0 Å². The molecule has 6 nitrogen and oxygen atoms in total. The fourth-order valence-corrected chi connectivity index (χ4v) is 2.60. The molecule has 1 atom stereocenters. The summed E-state index contributed by atoms with van der Waals surface area (Å²) in [5.41, 5.74) is 0.839. The molecule has 0 amide bonds. The van der Waals surface area contributed by atoms with Crippen LogP contribution < -0.4 is 0 Å². The first-order valence-electron chi connectivity index (χ1n) is 5.90. The van der Waals surface area contributed by atoms with Crippen LogP contribution in [0, 0.1) is 9.49 Å². The van der Waals surface area contributed by atoms with E-state index in [1.54, 1.807) is 16.8 Å². The summed E-state index contributed by atoms with van der Waals surface area (Å²) in [5.74, 6) is -0.301. The molecule has 1 unspecified atom stereocenters. The van der Waals surface area contributed by atoms with Gasteiger partial charge in [-0.2, -0.15) is 0 Å². The molecule has 2 rings (SSSR count). The van der Waals surface area contributed by atoms with Crippen molar-refractivity contribution in [3.63, 3.8) is 0 Å². The van der Waals surface area contributed by atoms with Crippen molar-refractivity contribution in [2.45, 2.75) is 19.9 Å². The number of carboxylic acids is 1. The zero-order chi connectivity index (χ0) is 14.7. The Kier molecular flexibility index (Phi) is 4.92. The molecule has 0 aliphatic carbocycles. The first-order valence-corrected chi connectivity index (χ1v) is 7.36. The maximum atomic E-state index is 10.7. The van der Waals surface area contributed by atoms with Gasteiger partial charge in [-0.1, -0.05) is 18.5 Å². The highest BCUT2D eigenvalue weighted by atomic mass is 127. The van der Waals surface area contributed by atoms with Gasteiger partial charge in [0.15, 0.2) is 5.82 Å². The molecule has 1 N–H and O–H groups in total. The number of nitrogens with zero attached hydrogens (tertiary/aromatic N) is 4. The van der Waals surface area contributed by atoms with E-state index in [1.165, 1.54) is 0 Å². The van der Waals surface area contributed by atoms with Crippen molar-refractivity contribution in [2.75, 3.05) is 0 Å². The highest BCUT2D eigenvalue weighted by Gasteiger charge is 2.16. The van der Waals surface area contributed by atoms with Crippen molar-refractivity contribution in [3.05, 3.63) is 26.8 Å². The van der Waals surface area contributed by atoms with Gasteiger partial charge in [0, 0.05) is 27.1 Å². The summed E-state index contributed by atoms with van der Waals surface area (Å²) in [6.45, 7) is 2.29. The highest BCUT2D eigenvalue weighted by Crippen LogP contribution is 2.26. The number of carboxylic acid groups (broad SMARTS) is 1. The number of aromatic nitrogens is 4.